The fraction of sp³-hybridized carbons (Fsp3) is 0.273. The van der Waals surface area contributed by atoms with E-state index in [1.165, 1.54) is 39.0 Å². The second kappa shape index (κ2) is 20.8. The number of carbonyl (C=O) groups excluding carboxylic acids is 1. The maximum absolute atomic E-state index is 13.0. The lowest BCUT2D eigenvalue weighted by atomic mass is 9.93. The number of halogens is 2. The lowest BCUT2D eigenvalue weighted by Gasteiger charge is -2.39. The molecule has 70 heavy (non-hydrogen) atoms. The lowest BCUT2D eigenvalue weighted by Crippen LogP contribution is -2.51. The number of nitrogens with zero attached hydrogens (tertiary/aromatic N) is 11. The first kappa shape index (κ1) is 47.2. The molecule has 2 unspecified atom stereocenters. The Balaban J connectivity index is 0.000000169. The molecule has 2 amide bonds. The van der Waals surface area contributed by atoms with Gasteiger partial charge in [0.05, 0.1) is 30.0 Å². The Morgan fingerprint density at radius 2 is 1.13 bits per heavy atom. The summed E-state index contributed by atoms with van der Waals surface area (Å²) in [7, 11) is 2.20. The highest BCUT2D eigenvalue weighted by Gasteiger charge is 2.35. The summed E-state index contributed by atoms with van der Waals surface area (Å²) in [5, 5.41) is 2.97. The summed E-state index contributed by atoms with van der Waals surface area (Å²) in [6.07, 6.45) is 16.2. The first-order chi connectivity index (χ1) is 34.1. The summed E-state index contributed by atoms with van der Waals surface area (Å²) in [5.41, 5.74) is 13.3. The van der Waals surface area contributed by atoms with E-state index >= 15 is 0 Å². The molecular weight excluding hydrogens is 1000 g/mol. The summed E-state index contributed by atoms with van der Waals surface area (Å²) < 4.78 is 6.33. The van der Waals surface area contributed by atoms with Crippen molar-refractivity contribution in [3.05, 3.63) is 199 Å². The zero-order valence-corrected chi connectivity index (χ0v) is 42.7. The van der Waals surface area contributed by atoms with Crippen LogP contribution in [0.25, 0.3) is 28.1 Å². The minimum Gasteiger partial charge on any atom is -0.331 e. The Morgan fingerprint density at radius 1 is 0.657 bits per heavy atom. The van der Waals surface area contributed by atoms with Crippen molar-refractivity contribution in [2.24, 2.45) is 0 Å². The van der Waals surface area contributed by atoms with Crippen LogP contribution < -0.4 is 5.32 Å². The number of nitrogens with one attached hydrogen (secondary N) is 1. The van der Waals surface area contributed by atoms with Gasteiger partial charge in [0.1, 0.15) is 11.6 Å². The molecule has 2 atom stereocenters. The van der Waals surface area contributed by atoms with Gasteiger partial charge in [-0.15, -0.1) is 0 Å². The number of anilines is 1. The van der Waals surface area contributed by atoms with E-state index in [2.05, 4.69) is 169 Å². The van der Waals surface area contributed by atoms with Crippen LogP contribution in [0.4, 0.5) is 16.2 Å². The number of piperazine rings is 2. The van der Waals surface area contributed by atoms with Gasteiger partial charge in [-0.25, -0.2) is 19.6 Å². The minimum absolute atomic E-state index is 0.0386. The third-order valence-corrected chi connectivity index (χ3v) is 14.7. The number of likely N-dealkylation sites (N-methyl/N-ethyl adjacent to an activating group) is 1. The Bertz CT molecular complexity index is 3140. The molecule has 0 spiro atoms. The van der Waals surface area contributed by atoms with Gasteiger partial charge in [-0.2, -0.15) is 0 Å². The van der Waals surface area contributed by atoms with Gasteiger partial charge in [-0.1, -0.05) is 60.7 Å². The highest BCUT2D eigenvalue weighted by Crippen LogP contribution is 2.42. The Hall–Kier alpha value is -6.54. The van der Waals surface area contributed by atoms with Crippen molar-refractivity contribution in [1.29, 1.82) is 0 Å². The predicted octanol–water partition coefficient (Wildman–Crippen LogP) is 10.6. The van der Waals surface area contributed by atoms with E-state index in [1.54, 1.807) is 24.3 Å². The molecule has 3 aromatic carbocycles. The van der Waals surface area contributed by atoms with E-state index in [0.29, 0.717) is 31.0 Å². The van der Waals surface area contributed by atoms with Crippen molar-refractivity contribution >= 4 is 72.6 Å². The van der Waals surface area contributed by atoms with Crippen molar-refractivity contribution in [3.63, 3.8) is 0 Å². The van der Waals surface area contributed by atoms with Crippen LogP contribution in [0.5, 0.6) is 0 Å². The maximum atomic E-state index is 13.0. The minimum atomic E-state index is -0.126. The van der Waals surface area contributed by atoms with Gasteiger partial charge in [-0.05, 0) is 134 Å². The summed E-state index contributed by atoms with van der Waals surface area (Å²) in [6.45, 7) is 19.6. The van der Waals surface area contributed by atoms with Crippen LogP contribution >= 0.6 is 31.9 Å². The number of aromatic nitrogens is 6. The van der Waals surface area contributed by atoms with Gasteiger partial charge in [0.15, 0.2) is 5.69 Å². The number of amides is 2. The highest BCUT2D eigenvalue weighted by molar-refractivity contribution is 9.10. The fourth-order valence-corrected chi connectivity index (χ4v) is 10.8. The number of hydrogen-bond acceptors (Lipinski definition) is 8. The van der Waals surface area contributed by atoms with Crippen LogP contribution in [0, 0.1) is 20.4 Å². The molecule has 13 nitrogen and oxygen atoms in total. The summed E-state index contributed by atoms with van der Waals surface area (Å²) >= 11 is 7.27. The van der Waals surface area contributed by atoms with Gasteiger partial charge < -0.3 is 24.3 Å². The summed E-state index contributed by atoms with van der Waals surface area (Å²) in [6, 6.07) is 28.7. The molecule has 11 rings (SSSR count). The number of pyridine rings is 2. The first-order valence-electron chi connectivity index (χ1n) is 23.7. The van der Waals surface area contributed by atoms with E-state index in [4.69, 9.17) is 16.5 Å². The van der Waals surface area contributed by atoms with Crippen LogP contribution in [0.1, 0.15) is 68.5 Å². The van der Waals surface area contributed by atoms with Gasteiger partial charge in [0.25, 0.3) is 0 Å². The van der Waals surface area contributed by atoms with Crippen molar-refractivity contribution in [3.8, 4) is 0 Å². The predicted molar refractivity (Wildman–Crippen MR) is 284 cm³/mol. The Kier molecular flexibility index (Phi) is 14.0. The third kappa shape index (κ3) is 10.1. The van der Waals surface area contributed by atoms with Gasteiger partial charge in [-0.3, -0.25) is 19.8 Å². The van der Waals surface area contributed by atoms with Crippen molar-refractivity contribution in [2.45, 2.75) is 39.0 Å². The molecule has 1 N–H and O–H groups in total. The molecule has 4 aliphatic rings. The number of carbonyl (C=O) groups is 1. The molecule has 6 heterocycles. The van der Waals surface area contributed by atoms with E-state index in [-0.39, 0.29) is 18.1 Å². The molecule has 0 radical (unpaired) electrons. The fourth-order valence-electron chi connectivity index (χ4n) is 10.1. The highest BCUT2D eigenvalue weighted by atomic mass is 79.9. The molecule has 2 saturated heterocycles. The van der Waals surface area contributed by atoms with Crippen LogP contribution in [0.3, 0.4) is 0 Å². The van der Waals surface area contributed by atoms with E-state index in [0.717, 1.165) is 83.4 Å². The number of rotatable bonds is 7. The zero-order chi connectivity index (χ0) is 48.3. The third-order valence-electron chi connectivity index (χ3n) is 13.9. The molecule has 4 aromatic heterocycles. The van der Waals surface area contributed by atoms with Crippen molar-refractivity contribution in [1.82, 2.24) is 48.7 Å². The molecule has 354 valence electrons. The van der Waals surface area contributed by atoms with E-state index < -0.39 is 0 Å². The standard InChI is InChI=1S/C31H28BrN7O.C24H26BrN5/c1-21-34-11-12-39(21)20-23-17-22-18-24(32)19-35-29(22)30(28-6-4-3-5-27(23)28)37-13-15-38(16-14-37)31(40)36-26-9-7-25(33-2)8-10-26;1-17-26-7-8-30(17)16-19-13-18-14-20(25)15-27-23(18)24(22-6-4-3-5-21(19)22)29-11-9-28(2)10-12-29/h3-12,17-19,30H,13-16,20H2,1H3,(H,36,40);3-8,13-15,24H,9-12,16H2,1-2H3. The smallest absolute Gasteiger partial charge is 0.321 e. The van der Waals surface area contributed by atoms with Crippen molar-refractivity contribution in [2.75, 3.05) is 64.7 Å². The Morgan fingerprint density at radius 3 is 1.59 bits per heavy atom. The molecule has 0 bridgehead atoms. The first-order valence-corrected chi connectivity index (χ1v) is 25.2. The molecule has 7 aromatic rings. The van der Waals surface area contributed by atoms with Crippen LogP contribution in [-0.4, -0.2) is 114 Å². The monoisotopic (exact) mass is 1060 g/mol. The van der Waals surface area contributed by atoms with E-state index in [9.17, 15) is 4.79 Å². The zero-order valence-electron chi connectivity index (χ0n) is 39.5. The molecule has 15 heteroatoms. The number of allylic oxidation sites excluding steroid dienone is 2. The lowest BCUT2D eigenvalue weighted by molar-refractivity contribution is 0.125. The number of imidazole rings is 2. The summed E-state index contributed by atoms with van der Waals surface area (Å²) in [4.78, 5) is 44.4. The second-order valence-electron chi connectivity index (χ2n) is 18.2. The van der Waals surface area contributed by atoms with Crippen LogP contribution in [-0.2, 0) is 13.1 Å². The van der Waals surface area contributed by atoms with Gasteiger partial charge in [0.2, 0.25) is 0 Å². The average Bonchev–Trinajstić information content (AvgIpc) is 3.91. The quantitative estimate of drug-likeness (QED) is 0.157. The second-order valence-corrected chi connectivity index (χ2v) is 20.1. The topological polar surface area (TPSA) is 108 Å². The molecule has 2 aliphatic carbocycles. The molecular formula is C55H54Br2N12O. The number of aryl methyl sites for hydroxylation is 2. The number of benzene rings is 3. The SMILES string of the molecule is Cc1nccn1CC1=Cc2cc(Br)cnc2C(N2CCN(C)CC2)c2ccccc21.[C-]#[N+]c1ccc(NC(=O)N2CCN(C3c4ccccc4C(Cn4ccnc4C)=Cc4cc(Br)cnc43)CC2)cc1. The largest absolute Gasteiger partial charge is 0.331 e. The molecule has 2 aliphatic heterocycles. The van der Waals surface area contributed by atoms with Crippen LogP contribution in [0.15, 0.2) is 131 Å². The van der Waals surface area contributed by atoms with Crippen molar-refractivity contribution < 1.29 is 4.79 Å². The number of fused-ring (bicyclic) bond motifs is 4. The average molecular weight is 1060 g/mol. The van der Waals surface area contributed by atoms with Crippen LogP contribution in [0.2, 0.25) is 0 Å². The molecule has 2 fully saturated rings. The van der Waals surface area contributed by atoms with E-state index in [1.807, 2.05) is 42.8 Å². The normalized spacial score (nSPS) is 18.0. The molecule has 0 saturated carbocycles. The maximum Gasteiger partial charge on any atom is 0.321 e. The summed E-state index contributed by atoms with van der Waals surface area (Å²) in [5.74, 6) is 2.00. The van der Waals surface area contributed by atoms with Gasteiger partial charge >= 0.3 is 6.03 Å². The number of urea groups is 1. The Labute approximate surface area is 426 Å². The number of hydrogen-bond donors (Lipinski definition) is 1. The van der Waals surface area contributed by atoms with Gasteiger partial charge in [0, 0.05) is 117 Å².